The first-order valence-electron chi connectivity index (χ1n) is 7.05. The van der Waals surface area contributed by atoms with Gasteiger partial charge in [-0.3, -0.25) is 4.79 Å². The van der Waals surface area contributed by atoms with Gasteiger partial charge in [-0.2, -0.15) is 0 Å². The minimum Gasteiger partial charge on any atom is -0.352 e. The second-order valence-corrected chi connectivity index (χ2v) is 7.07. The van der Waals surface area contributed by atoms with E-state index in [9.17, 15) is 4.79 Å². The highest BCUT2D eigenvalue weighted by Gasteiger charge is 2.17. The molecule has 0 unspecified atom stereocenters. The Balaban J connectivity index is 1.67. The third-order valence-corrected chi connectivity index (χ3v) is 5.40. The summed E-state index contributed by atoms with van der Waals surface area (Å²) in [5, 5.41) is 5.52. The molecule has 124 valence electrons. The lowest BCUT2D eigenvalue weighted by molar-refractivity contribution is 0.0954. The van der Waals surface area contributed by atoms with Crippen LogP contribution in [0, 0.1) is 0 Å². The summed E-state index contributed by atoms with van der Waals surface area (Å²) in [6.07, 6.45) is 2.26. The zero-order valence-corrected chi connectivity index (χ0v) is 15.4. The van der Waals surface area contributed by atoms with Gasteiger partial charge in [-0.1, -0.05) is 40.9 Å². The number of nitrogens with zero attached hydrogens (tertiary/aromatic N) is 1. The fraction of sp³-hybridized carbons (Fsp3) is 0.125. The second kappa shape index (κ2) is 7.57. The molecule has 8 heteroatoms. The molecule has 0 aliphatic heterocycles. The SMILES string of the molecule is O=C(NCCc1[nH]cnc1-c1cccs1)c1c(Cl)ccc(Cl)c1Cl. The van der Waals surface area contributed by atoms with Gasteiger partial charge in [0.25, 0.3) is 5.91 Å². The molecule has 3 rings (SSSR count). The van der Waals surface area contributed by atoms with Crippen molar-refractivity contribution in [2.75, 3.05) is 6.54 Å². The first-order valence-corrected chi connectivity index (χ1v) is 9.07. The van der Waals surface area contributed by atoms with E-state index in [1.54, 1.807) is 29.8 Å². The highest BCUT2D eigenvalue weighted by molar-refractivity contribution is 7.13. The minimum atomic E-state index is -0.357. The van der Waals surface area contributed by atoms with Crippen LogP contribution in [0.15, 0.2) is 36.0 Å². The van der Waals surface area contributed by atoms with E-state index in [-0.39, 0.29) is 21.5 Å². The average Bonchev–Trinajstić information content (AvgIpc) is 3.22. The molecule has 24 heavy (non-hydrogen) atoms. The van der Waals surface area contributed by atoms with Gasteiger partial charge in [-0.25, -0.2) is 4.98 Å². The maximum Gasteiger partial charge on any atom is 0.254 e. The van der Waals surface area contributed by atoms with Crippen molar-refractivity contribution >= 4 is 52.0 Å². The van der Waals surface area contributed by atoms with Gasteiger partial charge in [0, 0.05) is 18.7 Å². The van der Waals surface area contributed by atoms with Gasteiger partial charge in [0.2, 0.25) is 0 Å². The number of aromatic amines is 1. The third kappa shape index (κ3) is 3.59. The average molecular weight is 401 g/mol. The second-order valence-electron chi connectivity index (χ2n) is 4.93. The Morgan fingerprint density at radius 2 is 2.00 bits per heavy atom. The van der Waals surface area contributed by atoms with E-state index in [1.807, 2.05) is 17.5 Å². The molecular weight excluding hydrogens is 389 g/mol. The molecule has 0 bridgehead atoms. The number of amides is 1. The molecule has 0 aliphatic rings. The number of carbonyl (C=O) groups is 1. The number of carbonyl (C=O) groups excluding carboxylic acids is 1. The van der Waals surface area contributed by atoms with Crippen LogP contribution in [0.25, 0.3) is 10.6 Å². The molecule has 0 fully saturated rings. The normalized spacial score (nSPS) is 10.8. The van der Waals surface area contributed by atoms with Crippen molar-refractivity contribution < 1.29 is 4.79 Å². The summed E-state index contributed by atoms with van der Waals surface area (Å²) >= 11 is 19.7. The van der Waals surface area contributed by atoms with Crippen LogP contribution in [0.1, 0.15) is 16.1 Å². The number of aromatic nitrogens is 2. The number of imidazole rings is 1. The highest BCUT2D eigenvalue weighted by Crippen LogP contribution is 2.31. The Kier molecular flexibility index (Phi) is 5.46. The molecule has 1 aromatic carbocycles. The van der Waals surface area contributed by atoms with Crippen molar-refractivity contribution in [1.82, 2.24) is 15.3 Å². The lowest BCUT2D eigenvalue weighted by Crippen LogP contribution is -2.26. The standard InChI is InChI=1S/C16H12Cl3N3OS/c17-9-3-4-10(18)14(19)13(9)16(23)20-6-5-11-15(22-8-21-11)12-2-1-7-24-12/h1-4,7-8H,5-6H2,(H,20,23)(H,21,22). The van der Waals surface area contributed by atoms with Gasteiger partial charge >= 0.3 is 0 Å². The number of hydrogen-bond acceptors (Lipinski definition) is 3. The molecule has 2 aromatic heterocycles. The first kappa shape index (κ1) is 17.3. The number of H-pyrrole nitrogens is 1. The molecule has 0 atom stereocenters. The fourth-order valence-electron chi connectivity index (χ4n) is 2.26. The van der Waals surface area contributed by atoms with Crippen molar-refractivity contribution in [3.8, 4) is 10.6 Å². The Hall–Kier alpha value is -1.53. The van der Waals surface area contributed by atoms with E-state index in [4.69, 9.17) is 34.8 Å². The number of rotatable bonds is 5. The molecule has 0 aliphatic carbocycles. The predicted molar refractivity (Wildman–Crippen MR) is 99.4 cm³/mol. The Bertz CT molecular complexity index is 862. The molecule has 0 saturated carbocycles. The largest absolute Gasteiger partial charge is 0.352 e. The van der Waals surface area contributed by atoms with Crippen LogP contribution < -0.4 is 5.32 Å². The number of hydrogen-bond donors (Lipinski definition) is 2. The van der Waals surface area contributed by atoms with E-state index in [1.165, 1.54) is 0 Å². The molecular formula is C16H12Cl3N3OS. The quantitative estimate of drug-likeness (QED) is 0.587. The highest BCUT2D eigenvalue weighted by atomic mass is 35.5. The van der Waals surface area contributed by atoms with E-state index in [0.29, 0.717) is 18.0 Å². The smallest absolute Gasteiger partial charge is 0.254 e. The lowest BCUT2D eigenvalue weighted by Gasteiger charge is -2.09. The zero-order chi connectivity index (χ0) is 17.1. The van der Waals surface area contributed by atoms with Crippen LogP contribution in [0.5, 0.6) is 0 Å². The van der Waals surface area contributed by atoms with Crippen LogP contribution >= 0.6 is 46.1 Å². The molecule has 3 aromatic rings. The van der Waals surface area contributed by atoms with Crippen LogP contribution in [0.4, 0.5) is 0 Å². The van der Waals surface area contributed by atoms with Gasteiger partial charge in [-0.05, 0) is 23.6 Å². The number of nitrogens with one attached hydrogen (secondary N) is 2. The van der Waals surface area contributed by atoms with E-state index in [0.717, 1.165) is 16.3 Å². The molecule has 4 nitrogen and oxygen atoms in total. The predicted octanol–water partition coefficient (Wildman–Crippen LogP) is 5.07. The lowest BCUT2D eigenvalue weighted by atomic mass is 10.2. The van der Waals surface area contributed by atoms with Crippen molar-refractivity contribution in [2.24, 2.45) is 0 Å². The van der Waals surface area contributed by atoms with E-state index >= 15 is 0 Å². The molecule has 0 spiro atoms. The molecule has 2 heterocycles. The molecule has 2 N–H and O–H groups in total. The molecule has 0 radical (unpaired) electrons. The van der Waals surface area contributed by atoms with E-state index in [2.05, 4.69) is 15.3 Å². The van der Waals surface area contributed by atoms with Crippen molar-refractivity contribution in [3.63, 3.8) is 0 Å². The van der Waals surface area contributed by atoms with Crippen LogP contribution in [-0.4, -0.2) is 22.4 Å². The summed E-state index contributed by atoms with van der Waals surface area (Å²) < 4.78 is 0. The monoisotopic (exact) mass is 399 g/mol. The number of benzene rings is 1. The van der Waals surface area contributed by atoms with Gasteiger partial charge in [0.1, 0.15) is 5.69 Å². The number of thiophene rings is 1. The number of halogens is 3. The summed E-state index contributed by atoms with van der Waals surface area (Å²) in [6, 6.07) is 7.09. The van der Waals surface area contributed by atoms with Crippen LogP contribution in [0.2, 0.25) is 15.1 Å². The summed E-state index contributed by atoms with van der Waals surface area (Å²) in [5.41, 5.74) is 2.05. The topological polar surface area (TPSA) is 57.8 Å². The molecule has 1 amide bonds. The minimum absolute atomic E-state index is 0.155. The van der Waals surface area contributed by atoms with E-state index < -0.39 is 0 Å². The van der Waals surface area contributed by atoms with Gasteiger partial charge in [-0.15, -0.1) is 11.3 Å². The van der Waals surface area contributed by atoms with Gasteiger partial charge in [0.15, 0.2) is 0 Å². The maximum atomic E-state index is 12.3. The van der Waals surface area contributed by atoms with Crippen molar-refractivity contribution in [1.29, 1.82) is 0 Å². The summed E-state index contributed by atoms with van der Waals surface area (Å²) in [7, 11) is 0. The fourth-order valence-corrected chi connectivity index (χ4v) is 3.71. The Morgan fingerprint density at radius 3 is 2.75 bits per heavy atom. The van der Waals surface area contributed by atoms with Gasteiger partial charge in [0.05, 0.1) is 31.8 Å². The van der Waals surface area contributed by atoms with Crippen molar-refractivity contribution in [2.45, 2.75) is 6.42 Å². The summed E-state index contributed by atoms with van der Waals surface area (Å²) in [6.45, 7) is 0.415. The third-order valence-electron chi connectivity index (χ3n) is 3.40. The zero-order valence-electron chi connectivity index (χ0n) is 12.3. The Morgan fingerprint density at radius 1 is 1.21 bits per heavy atom. The first-order chi connectivity index (χ1) is 11.6. The Labute approximate surface area is 157 Å². The van der Waals surface area contributed by atoms with Crippen LogP contribution in [-0.2, 0) is 6.42 Å². The maximum absolute atomic E-state index is 12.3. The summed E-state index contributed by atoms with van der Waals surface area (Å²) in [5.74, 6) is -0.357. The summed E-state index contributed by atoms with van der Waals surface area (Å²) in [4.78, 5) is 20.8. The van der Waals surface area contributed by atoms with Crippen LogP contribution in [0.3, 0.4) is 0 Å². The van der Waals surface area contributed by atoms with Crippen molar-refractivity contribution in [3.05, 3.63) is 62.3 Å². The van der Waals surface area contributed by atoms with Gasteiger partial charge < -0.3 is 10.3 Å². The molecule has 0 saturated heterocycles.